The summed E-state index contributed by atoms with van der Waals surface area (Å²) < 4.78 is 29.3. The molecule has 162 valence electrons. The number of hydrogen-bond acceptors (Lipinski definition) is 11. The fraction of sp³-hybridized carbons (Fsp3) is 0.667. The number of fused-ring (bicyclic) bond motifs is 1. The zero-order valence-electron chi connectivity index (χ0n) is 16.0. The molecule has 6 atom stereocenters. The summed E-state index contributed by atoms with van der Waals surface area (Å²) in [7, 11) is -3.03. The van der Waals surface area contributed by atoms with Gasteiger partial charge in [0.1, 0.15) is 18.3 Å². The predicted molar refractivity (Wildman–Crippen MR) is 98.9 cm³/mol. The molecule has 2 aromatic rings. The molecule has 1 saturated heterocycles. The first kappa shape index (κ1) is 21.8. The van der Waals surface area contributed by atoms with E-state index in [2.05, 4.69) is 15.0 Å². The number of aliphatic hydroxyl groups is 3. The lowest BCUT2D eigenvalue weighted by molar-refractivity contribution is -0.0508. The van der Waals surface area contributed by atoms with E-state index in [0.717, 1.165) is 0 Å². The second kappa shape index (κ2) is 7.76. The summed E-state index contributed by atoms with van der Waals surface area (Å²) in [5.74, 6) is 0.0363. The van der Waals surface area contributed by atoms with Crippen molar-refractivity contribution in [3.8, 4) is 5.88 Å². The van der Waals surface area contributed by atoms with E-state index in [-0.39, 0.29) is 29.4 Å². The SMILES string of the molecule is CCC(C)(O)P(=O)(O)OC[C@H]1O[C@@H](n2cnc3c(OC)nc(N)nc32)[C@H](O)[C@@H]1O. The molecule has 13 nitrogen and oxygen atoms in total. The molecule has 0 aliphatic carbocycles. The number of nitrogen functional groups attached to an aromatic ring is 1. The van der Waals surface area contributed by atoms with Crippen LogP contribution in [-0.2, 0) is 13.8 Å². The standard InChI is InChI=1S/C15H24N5O8P/c1-4-15(2,23)29(24,25)27-5-7-9(21)10(22)13(28-7)20-6-17-8-11(20)18-14(16)19-12(8)26-3/h6-7,9-10,13,21-23H,4-5H2,1-3H3,(H,24,25)(H2,16,18,19)/t7-,9-,10-,13-,15?/m1/s1. The molecule has 1 aliphatic rings. The van der Waals surface area contributed by atoms with Crippen LogP contribution < -0.4 is 10.5 Å². The van der Waals surface area contributed by atoms with Gasteiger partial charge >= 0.3 is 7.60 Å². The molecule has 3 heterocycles. The molecule has 1 fully saturated rings. The Morgan fingerprint density at radius 3 is 2.69 bits per heavy atom. The normalized spacial score (nSPS) is 28.9. The smallest absolute Gasteiger partial charge is 0.359 e. The summed E-state index contributed by atoms with van der Waals surface area (Å²) in [6, 6.07) is 0. The highest BCUT2D eigenvalue weighted by Crippen LogP contribution is 2.55. The van der Waals surface area contributed by atoms with Crippen LogP contribution in [0.4, 0.5) is 5.95 Å². The first-order valence-electron chi connectivity index (χ1n) is 8.78. The number of hydrogen-bond donors (Lipinski definition) is 5. The van der Waals surface area contributed by atoms with Crippen LogP contribution in [0.25, 0.3) is 11.2 Å². The van der Waals surface area contributed by atoms with Crippen LogP contribution in [0, 0.1) is 0 Å². The van der Waals surface area contributed by atoms with Crippen molar-refractivity contribution in [2.75, 3.05) is 19.5 Å². The van der Waals surface area contributed by atoms with Gasteiger partial charge in [0.15, 0.2) is 22.7 Å². The number of aromatic nitrogens is 4. The highest BCUT2D eigenvalue weighted by molar-refractivity contribution is 7.54. The Bertz CT molecular complexity index is 937. The topological polar surface area (TPSA) is 195 Å². The van der Waals surface area contributed by atoms with E-state index in [1.165, 1.54) is 31.9 Å². The highest BCUT2D eigenvalue weighted by Gasteiger charge is 2.47. The summed E-state index contributed by atoms with van der Waals surface area (Å²) in [4.78, 5) is 22.1. The molecule has 29 heavy (non-hydrogen) atoms. The molecule has 0 radical (unpaired) electrons. The molecule has 0 amide bonds. The van der Waals surface area contributed by atoms with Gasteiger partial charge in [-0.2, -0.15) is 9.97 Å². The maximum Gasteiger partial charge on any atom is 0.359 e. The molecule has 0 saturated carbocycles. The molecular weight excluding hydrogens is 409 g/mol. The summed E-state index contributed by atoms with van der Waals surface area (Å²) in [6.45, 7) is 2.16. The number of imidazole rings is 1. The molecular formula is C15H24N5O8P. The third-order valence-corrected chi connectivity index (χ3v) is 6.94. The molecule has 0 bridgehead atoms. The van der Waals surface area contributed by atoms with Crippen molar-refractivity contribution in [2.24, 2.45) is 0 Å². The zero-order chi connectivity index (χ0) is 21.6. The van der Waals surface area contributed by atoms with Crippen molar-refractivity contribution >= 4 is 24.7 Å². The Morgan fingerprint density at radius 1 is 1.38 bits per heavy atom. The first-order chi connectivity index (χ1) is 13.5. The quantitative estimate of drug-likeness (QED) is 0.347. The van der Waals surface area contributed by atoms with Crippen molar-refractivity contribution in [1.82, 2.24) is 19.5 Å². The summed E-state index contributed by atoms with van der Waals surface area (Å²) in [5, 5.41) is 28.8. The van der Waals surface area contributed by atoms with Crippen LogP contribution >= 0.6 is 7.60 Å². The molecule has 6 N–H and O–H groups in total. The third kappa shape index (κ3) is 3.82. The summed E-state index contributed by atoms with van der Waals surface area (Å²) >= 11 is 0. The van der Waals surface area contributed by atoms with Crippen LogP contribution in [0.3, 0.4) is 0 Å². The summed E-state index contributed by atoms with van der Waals surface area (Å²) in [5.41, 5.74) is 6.14. The van der Waals surface area contributed by atoms with Crippen LogP contribution in [0.15, 0.2) is 6.33 Å². The zero-order valence-corrected chi connectivity index (χ0v) is 16.9. The fourth-order valence-corrected chi connectivity index (χ4v) is 3.87. The van der Waals surface area contributed by atoms with E-state index in [4.69, 9.17) is 19.7 Å². The van der Waals surface area contributed by atoms with Gasteiger partial charge in [-0.15, -0.1) is 0 Å². The monoisotopic (exact) mass is 433 g/mol. The first-order valence-corrected chi connectivity index (χ1v) is 10.4. The minimum Gasteiger partial charge on any atom is -0.479 e. The minimum atomic E-state index is -4.42. The molecule has 0 aromatic carbocycles. The van der Waals surface area contributed by atoms with E-state index in [9.17, 15) is 24.8 Å². The lowest BCUT2D eigenvalue weighted by atomic mass is 10.1. The van der Waals surface area contributed by atoms with Gasteiger partial charge in [0.25, 0.3) is 0 Å². The van der Waals surface area contributed by atoms with E-state index in [1.807, 2.05) is 0 Å². The number of aliphatic hydroxyl groups excluding tert-OH is 2. The van der Waals surface area contributed by atoms with Crippen LogP contribution in [0.2, 0.25) is 0 Å². The molecule has 14 heteroatoms. The van der Waals surface area contributed by atoms with E-state index in [0.29, 0.717) is 0 Å². The Hall–Kier alpha value is -1.86. The van der Waals surface area contributed by atoms with Gasteiger partial charge in [0.2, 0.25) is 11.8 Å². The second-order valence-electron chi connectivity index (χ2n) is 6.85. The minimum absolute atomic E-state index is 0.0237. The van der Waals surface area contributed by atoms with Crippen molar-refractivity contribution in [1.29, 1.82) is 0 Å². The number of ether oxygens (including phenoxy) is 2. The van der Waals surface area contributed by atoms with Crippen molar-refractivity contribution in [2.45, 2.75) is 50.2 Å². The second-order valence-corrected chi connectivity index (χ2v) is 9.11. The Morgan fingerprint density at radius 2 is 2.07 bits per heavy atom. The Labute approximate surface area is 165 Å². The largest absolute Gasteiger partial charge is 0.479 e. The van der Waals surface area contributed by atoms with Crippen LogP contribution in [-0.4, -0.2) is 77.1 Å². The van der Waals surface area contributed by atoms with E-state index < -0.39 is 44.1 Å². The number of nitrogens with two attached hydrogens (primary N) is 1. The van der Waals surface area contributed by atoms with Gasteiger partial charge < -0.3 is 39.9 Å². The molecule has 3 rings (SSSR count). The average Bonchev–Trinajstić information content (AvgIpc) is 3.21. The van der Waals surface area contributed by atoms with Crippen molar-refractivity contribution in [3.05, 3.63) is 6.33 Å². The van der Waals surface area contributed by atoms with Gasteiger partial charge in [-0.05, 0) is 13.3 Å². The van der Waals surface area contributed by atoms with Gasteiger partial charge in [0.05, 0.1) is 20.0 Å². The maximum atomic E-state index is 12.2. The van der Waals surface area contributed by atoms with Crippen LogP contribution in [0.1, 0.15) is 26.5 Å². The predicted octanol–water partition coefficient (Wildman–Crippen LogP) is -0.643. The Kier molecular flexibility index (Phi) is 5.84. The number of anilines is 1. The fourth-order valence-electron chi connectivity index (χ4n) is 2.85. The van der Waals surface area contributed by atoms with Gasteiger partial charge in [-0.1, -0.05) is 6.92 Å². The maximum absolute atomic E-state index is 12.2. The van der Waals surface area contributed by atoms with Crippen molar-refractivity contribution in [3.63, 3.8) is 0 Å². The number of methoxy groups -OCH3 is 1. The number of rotatable bonds is 7. The van der Waals surface area contributed by atoms with Crippen molar-refractivity contribution < 1.29 is 38.8 Å². The molecule has 1 aliphatic heterocycles. The highest BCUT2D eigenvalue weighted by atomic mass is 31.2. The van der Waals surface area contributed by atoms with E-state index >= 15 is 0 Å². The molecule has 0 spiro atoms. The Balaban J connectivity index is 1.83. The third-order valence-electron chi connectivity index (χ3n) is 4.90. The molecule has 2 unspecified atom stereocenters. The lowest BCUT2D eigenvalue weighted by Crippen LogP contribution is -2.34. The molecule has 2 aromatic heterocycles. The van der Waals surface area contributed by atoms with E-state index in [1.54, 1.807) is 0 Å². The lowest BCUT2D eigenvalue weighted by Gasteiger charge is -2.27. The van der Waals surface area contributed by atoms with Gasteiger partial charge in [-0.25, -0.2) is 4.98 Å². The average molecular weight is 433 g/mol. The summed E-state index contributed by atoms with van der Waals surface area (Å²) in [6.07, 6.45) is -3.86. The van der Waals surface area contributed by atoms with Gasteiger partial charge in [-0.3, -0.25) is 9.13 Å². The number of nitrogens with zero attached hydrogens (tertiary/aromatic N) is 4. The van der Waals surface area contributed by atoms with Crippen LogP contribution in [0.5, 0.6) is 5.88 Å². The van der Waals surface area contributed by atoms with Gasteiger partial charge in [0, 0.05) is 0 Å².